The maximum absolute atomic E-state index is 13.3. The molecule has 0 spiro atoms. The summed E-state index contributed by atoms with van der Waals surface area (Å²) in [5.41, 5.74) is 1.29. The average Bonchev–Trinajstić information content (AvgIpc) is 2.79. The lowest BCUT2D eigenvalue weighted by Gasteiger charge is -2.36. The second-order valence-corrected chi connectivity index (χ2v) is 7.71. The highest BCUT2D eigenvalue weighted by Gasteiger charge is 2.26. The zero-order valence-electron chi connectivity index (χ0n) is 17.5. The largest absolute Gasteiger partial charge is 0.497 e. The number of amides is 1. The summed E-state index contributed by atoms with van der Waals surface area (Å²) in [5, 5.41) is 5.60. The van der Waals surface area contributed by atoms with Gasteiger partial charge in [-0.05, 0) is 44.2 Å². The van der Waals surface area contributed by atoms with Crippen molar-refractivity contribution in [2.24, 2.45) is 0 Å². The summed E-state index contributed by atoms with van der Waals surface area (Å²) in [7, 11) is 1.65. The first-order valence-corrected chi connectivity index (χ1v) is 10.2. The zero-order chi connectivity index (χ0) is 21.3. The molecule has 156 valence electrons. The van der Waals surface area contributed by atoms with E-state index in [1.165, 1.54) is 4.68 Å². The average molecular weight is 406 g/mol. The molecule has 0 N–H and O–H groups in total. The molecule has 1 amide bonds. The SMILES string of the molecule is COc1ccc(N2CCN(C(=O)c3nn(C(C)C)c(=O)c4ccccc34)CC2)cc1. The van der Waals surface area contributed by atoms with E-state index < -0.39 is 0 Å². The minimum Gasteiger partial charge on any atom is -0.497 e. The maximum Gasteiger partial charge on any atom is 0.275 e. The van der Waals surface area contributed by atoms with Crippen LogP contribution >= 0.6 is 0 Å². The van der Waals surface area contributed by atoms with Crippen LogP contribution in [0.1, 0.15) is 30.4 Å². The molecule has 4 rings (SSSR count). The molecular formula is C23H26N4O3. The molecule has 0 saturated carbocycles. The van der Waals surface area contributed by atoms with Crippen molar-refractivity contribution in [3.05, 3.63) is 64.6 Å². The third kappa shape index (κ3) is 3.63. The van der Waals surface area contributed by atoms with Crippen LogP contribution in [-0.4, -0.2) is 53.9 Å². The molecule has 1 aliphatic rings. The van der Waals surface area contributed by atoms with Gasteiger partial charge < -0.3 is 14.5 Å². The third-order valence-corrected chi connectivity index (χ3v) is 5.52. The van der Waals surface area contributed by atoms with Gasteiger partial charge in [0.05, 0.1) is 18.5 Å². The number of nitrogens with zero attached hydrogens (tertiary/aromatic N) is 4. The molecule has 1 saturated heterocycles. The Morgan fingerprint density at radius 3 is 2.20 bits per heavy atom. The summed E-state index contributed by atoms with van der Waals surface area (Å²) in [4.78, 5) is 30.1. The van der Waals surface area contributed by atoms with Gasteiger partial charge in [0.1, 0.15) is 5.75 Å². The monoisotopic (exact) mass is 406 g/mol. The van der Waals surface area contributed by atoms with Crippen LogP contribution in [0.25, 0.3) is 10.8 Å². The van der Waals surface area contributed by atoms with Crippen molar-refractivity contribution < 1.29 is 9.53 Å². The molecule has 2 aromatic carbocycles. The van der Waals surface area contributed by atoms with E-state index >= 15 is 0 Å². The van der Waals surface area contributed by atoms with Crippen LogP contribution in [-0.2, 0) is 0 Å². The van der Waals surface area contributed by atoms with E-state index in [0.717, 1.165) is 24.5 Å². The Morgan fingerprint density at radius 1 is 0.967 bits per heavy atom. The Bertz CT molecular complexity index is 1110. The molecule has 2 heterocycles. The Morgan fingerprint density at radius 2 is 1.60 bits per heavy atom. The molecule has 0 bridgehead atoms. The number of hydrogen-bond donors (Lipinski definition) is 0. The summed E-state index contributed by atoms with van der Waals surface area (Å²) in [6.45, 7) is 6.46. The van der Waals surface area contributed by atoms with Gasteiger partial charge in [-0.1, -0.05) is 18.2 Å². The van der Waals surface area contributed by atoms with Crippen LogP contribution in [0.15, 0.2) is 53.3 Å². The summed E-state index contributed by atoms with van der Waals surface area (Å²) in [6, 6.07) is 15.0. The van der Waals surface area contributed by atoms with Gasteiger partial charge in [-0.2, -0.15) is 5.10 Å². The highest BCUT2D eigenvalue weighted by Crippen LogP contribution is 2.22. The van der Waals surface area contributed by atoms with Gasteiger partial charge in [0.15, 0.2) is 5.69 Å². The predicted molar refractivity (Wildman–Crippen MR) is 117 cm³/mol. The van der Waals surface area contributed by atoms with Crippen molar-refractivity contribution in [2.45, 2.75) is 19.9 Å². The Balaban J connectivity index is 1.58. The van der Waals surface area contributed by atoms with E-state index in [9.17, 15) is 9.59 Å². The number of carbonyl (C=O) groups excluding carboxylic acids is 1. The van der Waals surface area contributed by atoms with Crippen LogP contribution in [0.5, 0.6) is 5.75 Å². The van der Waals surface area contributed by atoms with Crippen LogP contribution < -0.4 is 15.2 Å². The Hall–Kier alpha value is -3.35. The summed E-state index contributed by atoms with van der Waals surface area (Å²) < 4.78 is 6.63. The van der Waals surface area contributed by atoms with E-state index in [1.54, 1.807) is 19.2 Å². The zero-order valence-corrected chi connectivity index (χ0v) is 17.5. The number of methoxy groups -OCH3 is 1. The third-order valence-electron chi connectivity index (χ3n) is 5.52. The number of anilines is 1. The summed E-state index contributed by atoms with van der Waals surface area (Å²) in [6.07, 6.45) is 0. The molecule has 1 fully saturated rings. The number of rotatable bonds is 4. The van der Waals surface area contributed by atoms with Crippen molar-refractivity contribution in [1.29, 1.82) is 0 Å². The standard InChI is InChI=1S/C23H26N4O3/c1-16(2)27-22(28)20-7-5-4-6-19(20)21(24-27)23(29)26-14-12-25(13-15-26)17-8-10-18(30-3)11-9-17/h4-11,16H,12-15H2,1-3H3. The van der Waals surface area contributed by atoms with Crippen LogP contribution in [0.3, 0.4) is 0 Å². The second-order valence-electron chi connectivity index (χ2n) is 7.71. The number of fused-ring (bicyclic) bond motifs is 1. The van der Waals surface area contributed by atoms with Gasteiger partial charge in [0.25, 0.3) is 11.5 Å². The first kappa shape index (κ1) is 19.9. The minimum atomic E-state index is -0.165. The minimum absolute atomic E-state index is 0.124. The number of ether oxygens (including phenoxy) is 1. The van der Waals surface area contributed by atoms with E-state index in [1.807, 2.05) is 55.1 Å². The molecule has 0 unspecified atom stereocenters. The van der Waals surface area contributed by atoms with Gasteiger partial charge in [0.2, 0.25) is 0 Å². The van der Waals surface area contributed by atoms with Crippen molar-refractivity contribution in [1.82, 2.24) is 14.7 Å². The number of aromatic nitrogens is 2. The van der Waals surface area contributed by atoms with Gasteiger partial charge >= 0.3 is 0 Å². The summed E-state index contributed by atoms with van der Waals surface area (Å²) in [5.74, 6) is 0.695. The molecule has 7 nitrogen and oxygen atoms in total. The molecule has 0 atom stereocenters. The molecule has 3 aromatic rings. The smallest absolute Gasteiger partial charge is 0.275 e. The van der Waals surface area contributed by atoms with Crippen molar-refractivity contribution >= 4 is 22.4 Å². The van der Waals surface area contributed by atoms with Gasteiger partial charge in [-0.3, -0.25) is 9.59 Å². The number of hydrogen-bond acceptors (Lipinski definition) is 5. The van der Waals surface area contributed by atoms with E-state index in [-0.39, 0.29) is 17.5 Å². The maximum atomic E-state index is 13.3. The lowest BCUT2D eigenvalue weighted by molar-refractivity contribution is 0.0740. The Labute approximate surface area is 175 Å². The second kappa shape index (κ2) is 8.18. The highest BCUT2D eigenvalue weighted by atomic mass is 16.5. The quantitative estimate of drug-likeness (QED) is 0.666. The van der Waals surface area contributed by atoms with Gasteiger partial charge in [0, 0.05) is 37.3 Å². The van der Waals surface area contributed by atoms with Gasteiger partial charge in [-0.15, -0.1) is 0 Å². The first-order valence-electron chi connectivity index (χ1n) is 10.2. The predicted octanol–water partition coefficient (Wildman–Crippen LogP) is 2.95. The van der Waals surface area contributed by atoms with Crippen molar-refractivity contribution in [3.8, 4) is 5.75 Å². The first-order chi connectivity index (χ1) is 14.5. The van der Waals surface area contributed by atoms with E-state index in [4.69, 9.17) is 4.74 Å². The molecule has 1 aliphatic heterocycles. The fourth-order valence-corrected chi connectivity index (χ4v) is 3.83. The molecular weight excluding hydrogens is 380 g/mol. The molecule has 1 aromatic heterocycles. The number of carbonyl (C=O) groups is 1. The number of piperazine rings is 1. The van der Waals surface area contributed by atoms with E-state index in [0.29, 0.717) is 29.6 Å². The van der Waals surface area contributed by atoms with Crippen molar-refractivity contribution in [3.63, 3.8) is 0 Å². The highest BCUT2D eigenvalue weighted by molar-refractivity contribution is 6.04. The molecule has 7 heteroatoms. The topological polar surface area (TPSA) is 67.7 Å². The van der Waals surface area contributed by atoms with Crippen molar-refractivity contribution in [2.75, 3.05) is 38.2 Å². The van der Waals surface area contributed by atoms with Crippen LogP contribution in [0.2, 0.25) is 0 Å². The normalized spacial score (nSPS) is 14.4. The summed E-state index contributed by atoms with van der Waals surface area (Å²) >= 11 is 0. The van der Waals surface area contributed by atoms with Crippen LogP contribution in [0, 0.1) is 0 Å². The number of benzene rings is 2. The fourth-order valence-electron chi connectivity index (χ4n) is 3.83. The van der Waals surface area contributed by atoms with E-state index in [2.05, 4.69) is 10.00 Å². The lowest BCUT2D eigenvalue weighted by atomic mass is 10.1. The Kier molecular flexibility index (Phi) is 5.44. The molecule has 0 radical (unpaired) electrons. The fraction of sp³-hybridized carbons (Fsp3) is 0.348. The molecule has 30 heavy (non-hydrogen) atoms. The lowest BCUT2D eigenvalue weighted by Crippen LogP contribution is -2.49. The van der Waals surface area contributed by atoms with Gasteiger partial charge in [-0.25, -0.2) is 4.68 Å². The molecule has 0 aliphatic carbocycles. The van der Waals surface area contributed by atoms with Crippen LogP contribution in [0.4, 0.5) is 5.69 Å².